The quantitative estimate of drug-likeness (QED) is 0.710. The Balaban J connectivity index is 1.30. The Morgan fingerprint density at radius 2 is 2.00 bits per heavy atom. The Morgan fingerprint density at radius 3 is 2.83 bits per heavy atom. The molecule has 2 amide bonds. The van der Waals surface area contributed by atoms with Gasteiger partial charge in [-0.1, -0.05) is 18.2 Å². The average molecular weight is 404 g/mol. The number of piperazine rings is 1. The van der Waals surface area contributed by atoms with Crippen LogP contribution in [0.3, 0.4) is 0 Å². The zero-order chi connectivity index (χ0) is 20.7. The lowest BCUT2D eigenvalue weighted by Crippen LogP contribution is -2.57. The number of benzene rings is 1. The second-order valence-corrected chi connectivity index (χ2v) is 7.97. The summed E-state index contributed by atoms with van der Waals surface area (Å²) >= 11 is 0. The maximum absolute atomic E-state index is 13.0. The van der Waals surface area contributed by atoms with Crippen LogP contribution in [0.25, 0.3) is 5.65 Å². The number of carbonyl (C=O) groups excluding carboxylic acids is 2. The van der Waals surface area contributed by atoms with Crippen molar-refractivity contribution >= 4 is 17.5 Å². The first-order valence-corrected chi connectivity index (χ1v) is 10.3. The number of aromatic nitrogens is 3. The molecule has 2 aromatic heterocycles. The van der Waals surface area contributed by atoms with Crippen molar-refractivity contribution in [2.24, 2.45) is 0 Å². The molecule has 2 aliphatic rings. The first-order valence-electron chi connectivity index (χ1n) is 10.3. The Morgan fingerprint density at radius 1 is 1.17 bits per heavy atom. The number of hydrogen-bond donors (Lipinski definition) is 1. The number of nitrogens with one attached hydrogen (secondary N) is 1. The summed E-state index contributed by atoms with van der Waals surface area (Å²) in [5.74, 6) is -0.107. The van der Waals surface area contributed by atoms with Gasteiger partial charge in [0.15, 0.2) is 5.65 Å². The number of aryl methyl sites for hydroxylation is 1. The second-order valence-electron chi connectivity index (χ2n) is 7.97. The Hall–Kier alpha value is -3.26. The highest BCUT2D eigenvalue weighted by molar-refractivity contribution is 6.01. The summed E-state index contributed by atoms with van der Waals surface area (Å²) in [4.78, 5) is 34.6. The van der Waals surface area contributed by atoms with E-state index in [9.17, 15) is 9.59 Å². The lowest BCUT2D eigenvalue weighted by Gasteiger charge is -2.40. The van der Waals surface area contributed by atoms with Crippen LogP contribution in [0.1, 0.15) is 32.8 Å². The zero-order valence-corrected chi connectivity index (χ0v) is 16.9. The van der Waals surface area contributed by atoms with Crippen molar-refractivity contribution in [3.63, 3.8) is 0 Å². The van der Waals surface area contributed by atoms with E-state index in [1.807, 2.05) is 42.2 Å². The molecule has 0 radical (unpaired) electrons. The van der Waals surface area contributed by atoms with Gasteiger partial charge in [-0.3, -0.25) is 14.5 Å². The average Bonchev–Trinajstić information content (AvgIpc) is 3.34. The first kappa shape index (κ1) is 18.7. The maximum atomic E-state index is 13.0. The molecular formula is C22H24N6O2. The largest absolute Gasteiger partial charge is 0.350 e. The maximum Gasteiger partial charge on any atom is 0.257 e. The molecule has 1 unspecified atom stereocenters. The molecule has 8 nitrogen and oxygen atoms in total. The number of rotatable bonds is 4. The number of carbonyl (C=O) groups is 2. The molecule has 154 valence electrons. The van der Waals surface area contributed by atoms with E-state index in [1.54, 1.807) is 23.0 Å². The summed E-state index contributed by atoms with van der Waals surface area (Å²) < 4.78 is 1.62. The van der Waals surface area contributed by atoms with E-state index in [0.717, 1.165) is 19.5 Å². The van der Waals surface area contributed by atoms with Gasteiger partial charge in [-0.05, 0) is 31.5 Å². The third kappa shape index (κ3) is 3.23. The highest BCUT2D eigenvalue weighted by Gasteiger charge is 2.41. The number of fused-ring (bicyclic) bond motifs is 3. The van der Waals surface area contributed by atoms with Gasteiger partial charge in [-0.25, -0.2) is 9.50 Å². The summed E-state index contributed by atoms with van der Waals surface area (Å²) in [6.45, 7) is 4.71. The molecule has 2 bridgehead atoms. The minimum atomic E-state index is -0.177. The highest BCUT2D eigenvalue weighted by Crippen LogP contribution is 2.26. The number of nitrogens with zero attached hydrogens (tertiary/aromatic N) is 5. The van der Waals surface area contributed by atoms with E-state index in [-0.39, 0.29) is 23.9 Å². The van der Waals surface area contributed by atoms with Crippen molar-refractivity contribution in [1.82, 2.24) is 29.7 Å². The predicted molar refractivity (Wildman–Crippen MR) is 111 cm³/mol. The van der Waals surface area contributed by atoms with Gasteiger partial charge in [0.25, 0.3) is 11.8 Å². The predicted octanol–water partition coefficient (Wildman–Crippen LogP) is 1.37. The van der Waals surface area contributed by atoms with E-state index in [0.29, 0.717) is 35.6 Å². The first-order chi connectivity index (χ1) is 14.6. The minimum Gasteiger partial charge on any atom is -0.350 e. The SMILES string of the molecule is Cc1nn2cccnc2c1C(=O)NC[C@H]1CN(C(=O)c2ccccc2)[C@H]2CCN1C2. The van der Waals surface area contributed by atoms with Gasteiger partial charge in [-0.15, -0.1) is 0 Å². The van der Waals surface area contributed by atoms with Crippen molar-refractivity contribution in [3.8, 4) is 0 Å². The molecule has 5 rings (SSSR count). The van der Waals surface area contributed by atoms with Crippen LogP contribution in [0.15, 0.2) is 48.8 Å². The Labute approximate surface area is 174 Å². The van der Waals surface area contributed by atoms with Gasteiger partial charge in [0.05, 0.1) is 5.69 Å². The van der Waals surface area contributed by atoms with Crippen LogP contribution in [0.4, 0.5) is 0 Å². The lowest BCUT2D eigenvalue weighted by atomic mass is 10.1. The molecule has 2 fully saturated rings. The van der Waals surface area contributed by atoms with E-state index in [1.165, 1.54) is 0 Å². The van der Waals surface area contributed by atoms with Crippen LogP contribution in [-0.2, 0) is 0 Å². The highest BCUT2D eigenvalue weighted by atomic mass is 16.2. The zero-order valence-electron chi connectivity index (χ0n) is 16.9. The van der Waals surface area contributed by atoms with Crippen LogP contribution in [-0.4, -0.2) is 74.5 Å². The standard InChI is InChI=1S/C22H24N6O2/c1-15-19(20-23-9-5-10-28(20)25-15)21(29)24-12-18-14-27(17-8-11-26(18)13-17)22(30)16-6-3-2-4-7-16/h2-7,9-10,17-18H,8,11-14H2,1H3,(H,24,29)/t17-,18-/m0/s1. The number of hydrogen-bond acceptors (Lipinski definition) is 5. The molecule has 3 aromatic rings. The molecule has 4 heterocycles. The van der Waals surface area contributed by atoms with Gasteiger partial charge in [0.1, 0.15) is 5.56 Å². The van der Waals surface area contributed by atoms with Crippen molar-refractivity contribution in [3.05, 3.63) is 65.6 Å². The van der Waals surface area contributed by atoms with Gasteiger partial charge in [0, 0.05) is 56.2 Å². The molecule has 1 N–H and O–H groups in total. The summed E-state index contributed by atoms with van der Waals surface area (Å²) in [5, 5.41) is 7.42. The fourth-order valence-electron chi connectivity index (χ4n) is 4.60. The normalized spacial score (nSPS) is 23.0. The molecular weight excluding hydrogens is 380 g/mol. The third-order valence-electron chi connectivity index (χ3n) is 6.14. The smallest absolute Gasteiger partial charge is 0.257 e. The Bertz CT molecular complexity index is 1100. The molecule has 0 spiro atoms. The summed E-state index contributed by atoms with van der Waals surface area (Å²) in [5.41, 5.74) is 2.42. The van der Waals surface area contributed by atoms with Gasteiger partial charge in [-0.2, -0.15) is 5.10 Å². The second kappa shape index (κ2) is 7.53. The summed E-state index contributed by atoms with van der Waals surface area (Å²) in [6.07, 6.45) is 4.41. The minimum absolute atomic E-state index is 0.0705. The third-order valence-corrected chi connectivity index (χ3v) is 6.14. The van der Waals surface area contributed by atoms with Crippen molar-refractivity contribution in [1.29, 1.82) is 0 Å². The van der Waals surface area contributed by atoms with Crippen LogP contribution in [0.2, 0.25) is 0 Å². The van der Waals surface area contributed by atoms with E-state index in [4.69, 9.17) is 0 Å². The van der Waals surface area contributed by atoms with Crippen molar-refractivity contribution < 1.29 is 9.59 Å². The lowest BCUT2D eigenvalue weighted by molar-refractivity contribution is 0.0493. The van der Waals surface area contributed by atoms with Gasteiger partial charge >= 0.3 is 0 Å². The van der Waals surface area contributed by atoms with Crippen molar-refractivity contribution in [2.75, 3.05) is 26.2 Å². The molecule has 2 saturated heterocycles. The van der Waals surface area contributed by atoms with E-state index >= 15 is 0 Å². The van der Waals surface area contributed by atoms with Crippen LogP contribution in [0.5, 0.6) is 0 Å². The van der Waals surface area contributed by atoms with E-state index < -0.39 is 0 Å². The molecule has 8 heteroatoms. The fourth-order valence-corrected chi connectivity index (χ4v) is 4.60. The van der Waals surface area contributed by atoms with Crippen LogP contribution < -0.4 is 5.32 Å². The van der Waals surface area contributed by atoms with Crippen LogP contribution in [0, 0.1) is 6.92 Å². The molecule has 1 aromatic carbocycles. The number of amides is 2. The fraction of sp³-hybridized carbons (Fsp3) is 0.364. The van der Waals surface area contributed by atoms with Gasteiger partial charge < -0.3 is 10.2 Å². The molecule has 0 saturated carbocycles. The van der Waals surface area contributed by atoms with E-state index in [2.05, 4.69) is 20.3 Å². The molecule has 3 atom stereocenters. The van der Waals surface area contributed by atoms with Crippen LogP contribution >= 0.6 is 0 Å². The van der Waals surface area contributed by atoms with Crippen molar-refractivity contribution in [2.45, 2.75) is 25.4 Å². The summed E-state index contributed by atoms with van der Waals surface area (Å²) in [7, 11) is 0. The molecule has 2 aliphatic heterocycles. The monoisotopic (exact) mass is 404 g/mol. The van der Waals surface area contributed by atoms with Gasteiger partial charge in [0.2, 0.25) is 0 Å². The Kier molecular flexibility index (Phi) is 4.71. The molecule has 0 aliphatic carbocycles. The topological polar surface area (TPSA) is 82.8 Å². The molecule has 30 heavy (non-hydrogen) atoms. The summed E-state index contributed by atoms with van der Waals surface area (Å²) in [6, 6.07) is 11.5.